The molecule has 1 aromatic carbocycles. The largest absolute Gasteiger partial charge is 0.478 e. The molecule has 5 nitrogen and oxygen atoms in total. The summed E-state index contributed by atoms with van der Waals surface area (Å²) in [5.74, 6) is -0.731. The maximum atomic E-state index is 11.1. The Kier molecular flexibility index (Phi) is 2.79. The van der Waals surface area contributed by atoms with Crippen LogP contribution >= 0.6 is 15.9 Å². The fraction of sp³-hybridized carbons (Fsp3) is 0. The molecule has 0 fully saturated rings. The molecular formula is C13H7BrN2O3. The minimum Gasteiger partial charge on any atom is -0.478 e. The summed E-state index contributed by atoms with van der Waals surface area (Å²) in [6, 6.07) is 8.35. The van der Waals surface area contributed by atoms with Crippen LogP contribution in [0.25, 0.3) is 22.7 Å². The first-order valence-corrected chi connectivity index (χ1v) is 6.19. The summed E-state index contributed by atoms with van der Waals surface area (Å²) >= 11 is 3.29. The van der Waals surface area contributed by atoms with Gasteiger partial charge in [-0.2, -0.15) is 0 Å². The van der Waals surface area contributed by atoms with E-state index in [1.165, 1.54) is 6.07 Å². The number of fused-ring (bicyclic) bond motifs is 1. The molecule has 0 amide bonds. The van der Waals surface area contributed by atoms with Crippen LogP contribution in [-0.2, 0) is 0 Å². The summed E-state index contributed by atoms with van der Waals surface area (Å²) in [7, 11) is 0. The van der Waals surface area contributed by atoms with Gasteiger partial charge in [0.1, 0.15) is 11.2 Å². The van der Waals surface area contributed by atoms with Crippen LogP contribution in [0.1, 0.15) is 10.4 Å². The molecule has 1 N–H and O–H groups in total. The maximum Gasteiger partial charge on any atom is 0.338 e. The number of hydrogen-bond acceptors (Lipinski definition) is 4. The van der Waals surface area contributed by atoms with Gasteiger partial charge in [0.25, 0.3) is 0 Å². The molecule has 0 saturated carbocycles. The molecule has 2 aromatic heterocycles. The summed E-state index contributed by atoms with van der Waals surface area (Å²) in [5, 5.41) is 9.10. The quantitative estimate of drug-likeness (QED) is 0.784. The zero-order valence-electron chi connectivity index (χ0n) is 9.50. The van der Waals surface area contributed by atoms with Crippen molar-refractivity contribution in [2.75, 3.05) is 0 Å². The third-order valence-corrected chi connectivity index (χ3v) is 3.06. The summed E-state index contributed by atoms with van der Waals surface area (Å²) in [6.45, 7) is 0. The Labute approximate surface area is 116 Å². The number of rotatable bonds is 2. The highest BCUT2D eigenvalue weighted by molar-refractivity contribution is 9.10. The smallest absolute Gasteiger partial charge is 0.338 e. The lowest BCUT2D eigenvalue weighted by Crippen LogP contribution is -1.96. The molecule has 6 heteroatoms. The van der Waals surface area contributed by atoms with Crippen molar-refractivity contribution in [1.29, 1.82) is 0 Å². The van der Waals surface area contributed by atoms with Gasteiger partial charge >= 0.3 is 5.97 Å². The minimum absolute atomic E-state index is 0.115. The van der Waals surface area contributed by atoms with Gasteiger partial charge in [-0.05, 0) is 40.2 Å². The van der Waals surface area contributed by atoms with Crippen LogP contribution in [0.5, 0.6) is 0 Å². The number of carbonyl (C=O) groups is 1. The molecule has 3 rings (SSSR count). The Bertz CT molecular complexity index is 765. The number of carboxylic acids is 1. The molecule has 0 atom stereocenters. The number of para-hydroxylation sites is 1. The lowest BCUT2D eigenvalue weighted by Gasteiger charge is -1.93. The third-order valence-electron chi connectivity index (χ3n) is 2.60. The van der Waals surface area contributed by atoms with Gasteiger partial charge in [0.15, 0.2) is 5.58 Å². The van der Waals surface area contributed by atoms with Gasteiger partial charge < -0.3 is 9.52 Å². The average molecular weight is 319 g/mol. The number of aromatic nitrogens is 2. The molecular weight excluding hydrogens is 312 g/mol. The highest BCUT2D eigenvalue weighted by atomic mass is 79.9. The van der Waals surface area contributed by atoms with E-state index in [1.807, 2.05) is 6.07 Å². The topological polar surface area (TPSA) is 76.2 Å². The van der Waals surface area contributed by atoms with Crippen molar-refractivity contribution in [3.63, 3.8) is 0 Å². The van der Waals surface area contributed by atoms with Crippen molar-refractivity contribution < 1.29 is 14.3 Å². The second kappa shape index (κ2) is 4.47. The second-order valence-electron chi connectivity index (χ2n) is 3.84. The highest BCUT2D eigenvalue weighted by Gasteiger charge is 2.15. The van der Waals surface area contributed by atoms with E-state index in [-0.39, 0.29) is 5.56 Å². The van der Waals surface area contributed by atoms with Crippen LogP contribution in [0, 0.1) is 0 Å². The van der Waals surface area contributed by atoms with Gasteiger partial charge in [-0.1, -0.05) is 6.07 Å². The van der Waals surface area contributed by atoms with Crippen molar-refractivity contribution in [2.24, 2.45) is 0 Å². The van der Waals surface area contributed by atoms with Crippen LogP contribution in [0.2, 0.25) is 0 Å². The number of oxazole rings is 1. The SMILES string of the molecule is O=C(O)c1cccc2oc(-c3ccc(Br)cn3)nc12. The molecule has 0 aliphatic carbocycles. The highest BCUT2D eigenvalue weighted by Crippen LogP contribution is 2.25. The van der Waals surface area contributed by atoms with E-state index in [1.54, 1.807) is 24.4 Å². The molecule has 94 valence electrons. The predicted octanol–water partition coefficient (Wildman–Crippen LogP) is 3.35. The molecule has 0 unspecified atom stereocenters. The Morgan fingerprint density at radius 3 is 2.79 bits per heavy atom. The first-order chi connectivity index (χ1) is 9.15. The van der Waals surface area contributed by atoms with Crippen molar-refractivity contribution in [3.8, 4) is 11.6 Å². The first kappa shape index (κ1) is 11.9. The summed E-state index contributed by atoms with van der Waals surface area (Å²) < 4.78 is 6.38. The van der Waals surface area contributed by atoms with Crippen molar-refractivity contribution in [3.05, 3.63) is 46.6 Å². The van der Waals surface area contributed by atoms with E-state index >= 15 is 0 Å². The Morgan fingerprint density at radius 1 is 1.26 bits per heavy atom. The van der Waals surface area contributed by atoms with Crippen LogP contribution in [0.3, 0.4) is 0 Å². The summed E-state index contributed by atoms with van der Waals surface area (Å²) in [6.07, 6.45) is 1.63. The molecule has 0 aliphatic heterocycles. The van der Waals surface area contributed by atoms with Gasteiger partial charge in [-0.25, -0.2) is 9.78 Å². The summed E-state index contributed by atoms with van der Waals surface area (Å²) in [4.78, 5) is 19.5. The number of carboxylic acid groups (broad SMARTS) is 1. The van der Waals surface area contributed by atoms with Gasteiger partial charge in [0, 0.05) is 10.7 Å². The maximum absolute atomic E-state index is 11.1. The standard InChI is InChI=1S/C13H7BrN2O3/c14-7-4-5-9(15-6-7)12-16-11-8(13(17)18)2-1-3-10(11)19-12/h1-6H,(H,17,18). The van der Waals surface area contributed by atoms with Crippen LogP contribution in [0.4, 0.5) is 0 Å². The zero-order chi connectivity index (χ0) is 13.4. The number of benzene rings is 1. The molecule has 0 radical (unpaired) electrons. The lowest BCUT2D eigenvalue weighted by molar-refractivity contribution is 0.0699. The van der Waals surface area contributed by atoms with Crippen molar-refractivity contribution >= 4 is 33.0 Å². The van der Waals surface area contributed by atoms with Gasteiger partial charge in [0.2, 0.25) is 5.89 Å². The number of aromatic carboxylic acids is 1. The van der Waals surface area contributed by atoms with E-state index in [0.29, 0.717) is 22.7 Å². The molecule has 0 spiro atoms. The van der Waals surface area contributed by atoms with Crippen molar-refractivity contribution in [1.82, 2.24) is 9.97 Å². The molecule has 3 aromatic rings. The number of pyridine rings is 1. The zero-order valence-corrected chi connectivity index (χ0v) is 11.1. The van der Waals surface area contributed by atoms with Gasteiger partial charge in [-0.3, -0.25) is 4.98 Å². The van der Waals surface area contributed by atoms with E-state index in [2.05, 4.69) is 25.9 Å². The van der Waals surface area contributed by atoms with E-state index in [9.17, 15) is 4.79 Å². The van der Waals surface area contributed by atoms with Crippen LogP contribution in [0.15, 0.2) is 45.4 Å². The molecule has 0 saturated heterocycles. The molecule has 2 heterocycles. The van der Waals surface area contributed by atoms with E-state index < -0.39 is 5.97 Å². The van der Waals surface area contributed by atoms with E-state index in [0.717, 1.165) is 4.47 Å². The first-order valence-electron chi connectivity index (χ1n) is 5.40. The predicted molar refractivity (Wildman–Crippen MR) is 71.9 cm³/mol. The van der Waals surface area contributed by atoms with Gasteiger partial charge in [0.05, 0.1) is 5.56 Å². The molecule has 0 aliphatic rings. The van der Waals surface area contributed by atoms with Gasteiger partial charge in [-0.15, -0.1) is 0 Å². The summed E-state index contributed by atoms with van der Waals surface area (Å²) in [5.41, 5.74) is 1.43. The second-order valence-corrected chi connectivity index (χ2v) is 4.75. The van der Waals surface area contributed by atoms with Crippen LogP contribution < -0.4 is 0 Å². The lowest BCUT2D eigenvalue weighted by atomic mass is 10.2. The van der Waals surface area contributed by atoms with E-state index in [4.69, 9.17) is 9.52 Å². The number of nitrogens with zero attached hydrogens (tertiary/aromatic N) is 2. The Hall–Kier alpha value is -2.21. The Morgan fingerprint density at radius 2 is 2.11 bits per heavy atom. The fourth-order valence-corrected chi connectivity index (χ4v) is 1.97. The molecule has 0 bridgehead atoms. The minimum atomic E-state index is -1.03. The Balaban J connectivity index is 2.19. The average Bonchev–Trinajstić information content (AvgIpc) is 2.82. The normalized spacial score (nSPS) is 10.8. The fourth-order valence-electron chi connectivity index (χ4n) is 1.73. The third kappa shape index (κ3) is 2.10. The number of hydrogen-bond donors (Lipinski definition) is 1. The monoisotopic (exact) mass is 318 g/mol. The van der Waals surface area contributed by atoms with Crippen LogP contribution in [-0.4, -0.2) is 21.0 Å². The number of halogens is 1. The van der Waals surface area contributed by atoms with Crippen molar-refractivity contribution in [2.45, 2.75) is 0 Å². The molecule has 19 heavy (non-hydrogen) atoms.